The Labute approximate surface area is 173 Å². The van der Waals surface area contributed by atoms with Crippen LogP contribution in [-0.2, 0) is 15.9 Å². The van der Waals surface area contributed by atoms with Crippen LogP contribution in [0.5, 0.6) is 0 Å². The van der Waals surface area contributed by atoms with Gasteiger partial charge < -0.3 is 18.6 Å². The first-order chi connectivity index (χ1) is 13.7. The van der Waals surface area contributed by atoms with Gasteiger partial charge in [0.1, 0.15) is 0 Å². The Morgan fingerprint density at radius 3 is 2.28 bits per heavy atom. The normalized spacial score (nSPS) is 22.1. The number of hydrogen-bond acceptors (Lipinski definition) is 7. The van der Waals surface area contributed by atoms with Gasteiger partial charge in [0.15, 0.2) is 0 Å². The van der Waals surface area contributed by atoms with E-state index in [1.807, 2.05) is 6.92 Å². The standard InChI is InChI=1S/C21H31BN4O3/c1-16-23-24-19(28-16)26-12-10-25(11-13-26)14-17-6-8-18(9-7-17)22-27-15-20(2,3)21(4,5)29-22/h6-9H,10-15H2,1-5H3. The van der Waals surface area contributed by atoms with Gasteiger partial charge in [-0.1, -0.05) is 43.2 Å². The van der Waals surface area contributed by atoms with Crippen LogP contribution >= 0.6 is 0 Å². The van der Waals surface area contributed by atoms with E-state index in [2.05, 4.69) is 72.0 Å². The topological polar surface area (TPSA) is 63.9 Å². The highest BCUT2D eigenvalue weighted by molar-refractivity contribution is 6.61. The van der Waals surface area contributed by atoms with E-state index in [9.17, 15) is 0 Å². The van der Waals surface area contributed by atoms with Gasteiger partial charge in [-0.25, -0.2) is 0 Å². The van der Waals surface area contributed by atoms with Crippen molar-refractivity contribution in [1.82, 2.24) is 15.1 Å². The van der Waals surface area contributed by atoms with Crippen LogP contribution in [0.15, 0.2) is 28.7 Å². The molecule has 0 spiro atoms. The summed E-state index contributed by atoms with van der Waals surface area (Å²) in [4.78, 5) is 4.61. The Morgan fingerprint density at radius 1 is 1.00 bits per heavy atom. The summed E-state index contributed by atoms with van der Waals surface area (Å²) in [5.74, 6) is 0.611. The minimum absolute atomic E-state index is 0.00842. The van der Waals surface area contributed by atoms with Crippen LogP contribution in [0.25, 0.3) is 0 Å². The monoisotopic (exact) mass is 398 g/mol. The molecular weight excluding hydrogens is 367 g/mol. The first kappa shape index (κ1) is 20.4. The molecule has 0 N–H and O–H groups in total. The average molecular weight is 398 g/mol. The molecule has 3 heterocycles. The first-order valence-corrected chi connectivity index (χ1v) is 10.4. The number of rotatable bonds is 4. The molecule has 1 aromatic heterocycles. The zero-order chi connectivity index (χ0) is 20.6. The van der Waals surface area contributed by atoms with Crippen LogP contribution in [0.1, 0.15) is 39.1 Å². The van der Waals surface area contributed by atoms with Gasteiger partial charge in [0.2, 0.25) is 5.89 Å². The van der Waals surface area contributed by atoms with E-state index in [-0.39, 0.29) is 18.1 Å². The largest absolute Gasteiger partial charge is 0.494 e. The molecule has 1 aromatic carbocycles. The third kappa shape index (κ3) is 4.34. The van der Waals surface area contributed by atoms with Crippen LogP contribution in [0.2, 0.25) is 0 Å². The summed E-state index contributed by atoms with van der Waals surface area (Å²) in [6, 6.07) is 9.26. The summed E-state index contributed by atoms with van der Waals surface area (Å²) in [6.45, 7) is 15.8. The molecule has 2 aromatic rings. The molecule has 8 heteroatoms. The van der Waals surface area contributed by atoms with Crippen molar-refractivity contribution < 1.29 is 13.7 Å². The maximum absolute atomic E-state index is 6.26. The second kappa shape index (κ2) is 7.74. The van der Waals surface area contributed by atoms with Gasteiger partial charge >= 0.3 is 13.1 Å². The fraction of sp³-hybridized carbons (Fsp3) is 0.619. The van der Waals surface area contributed by atoms with Gasteiger partial charge in [0.05, 0.1) is 5.60 Å². The number of benzene rings is 1. The highest BCUT2D eigenvalue weighted by atomic mass is 16.6. The first-order valence-electron chi connectivity index (χ1n) is 10.4. The number of nitrogens with zero attached hydrogens (tertiary/aromatic N) is 4. The second-order valence-electron chi connectivity index (χ2n) is 9.26. The van der Waals surface area contributed by atoms with Gasteiger partial charge in [-0.2, -0.15) is 0 Å². The Hall–Kier alpha value is -1.90. The van der Waals surface area contributed by atoms with Gasteiger partial charge in [0, 0.05) is 51.7 Å². The van der Waals surface area contributed by atoms with Gasteiger partial charge in [-0.15, -0.1) is 5.10 Å². The fourth-order valence-electron chi connectivity index (χ4n) is 3.63. The molecular formula is C21H31BN4O3. The second-order valence-corrected chi connectivity index (χ2v) is 9.26. The Kier molecular flexibility index (Phi) is 5.44. The molecule has 0 unspecified atom stereocenters. The van der Waals surface area contributed by atoms with Crippen molar-refractivity contribution in [2.45, 2.75) is 46.8 Å². The van der Waals surface area contributed by atoms with E-state index in [1.54, 1.807) is 0 Å². The Morgan fingerprint density at radius 2 is 1.69 bits per heavy atom. The molecule has 0 bridgehead atoms. The van der Waals surface area contributed by atoms with Gasteiger partial charge in [0.25, 0.3) is 0 Å². The number of aromatic nitrogens is 2. The number of anilines is 1. The van der Waals surface area contributed by atoms with Crippen molar-refractivity contribution in [3.05, 3.63) is 35.7 Å². The lowest BCUT2D eigenvalue weighted by molar-refractivity contribution is -0.0937. The lowest BCUT2D eigenvalue weighted by Gasteiger charge is -2.47. The van der Waals surface area contributed by atoms with E-state index in [0.29, 0.717) is 18.5 Å². The third-order valence-electron chi connectivity index (χ3n) is 6.44. The highest BCUT2D eigenvalue weighted by Crippen LogP contribution is 2.38. The molecule has 4 rings (SSSR count). The summed E-state index contributed by atoms with van der Waals surface area (Å²) in [7, 11) is -0.298. The van der Waals surface area contributed by atoms with E-state index in [0.717, 1.165) is 38.2 Å². The number of piperazine rings is 1. The van der Waals surface area contributed by atoms with Crippen molar-refractivity contribution >= 4 is 18.6 Å². The fourth-order valence-corrected chi connectivity index (χ4v) is 3.63. The van der Waals surface area contributed by atoms with Crippen molar-refractivity contribution in [3.8, 4) is 0 Å². The highest BCUT2D eigenvalue weighted by Gasteiger charge is 2.46. The molecule has 0 amide bonds. The predicted molar refractivity (Wildman–Crippen MR) is 113 cm³/mol. The van der Waals surface area contributed by atoms with Crippen molar-refractivity contribution in [1.29, 1.82) is 0 Å². The van der Waals surface area contributed by atoms with E-state index in [1.165, 1.54) is 5.56 Å². The van der Waals surface area contributed by atoms with Crippen LogP contribution in [0.3, 0.4) is 0 Å². The van der Waals surface area contributed by atoms with Crippen LogP contribution in [-0.4, -0.2) is 60.6 Å². The summed E-state index contributed by atoms with van der Waals surface area (Å²) >= 11 is 0. The molecule has 29 heavy (non-hydrogen) atoms. The average Bonchev–Trinajstić information content (AvgIpc) is 3.12. The third-order valence-corrected chi connectivity index (χ3v) is 6.44. The molecule has 0 saturated carbocycles. The van der Waals surface area contributed by atoms with E-state index >= 15 is 0 Å². The van der Waals surface area contributed by atoms with Gasteiger partial charge in [-0.05, 0) is 24.9 Å². The molecule has 2 aliphatic heterocycles. The van der Waals surface area contributed by atoms with Crippen molar-refractivity contribution in [3.63, 3.8) is 0 Å². The zero-order valence-corrected chi connectivity index (χ0v) is 18.1. The molecule has 2 fully saturated rings. The SMILES string of the molecule is Cc1nnc(N2CCN(Cc3ccc(B4OCC(C)(C)C(C)(C)O4)cc3)CC2)o1. The quantitative estimate of drug-likeness (QED) is 0.732. The molecule has 0 radical (unpaired) electrons. The molecule has 2 aliphatic rings. The minimum atomic E-state index is -0.298. The summed E-state index contributed by atoms with van der Waals surface area (Å²) < 4.78 is 17.8. The maximum Gasteiger partial charge on any atom is 0.494 e. The summed E-state index contributed by atoms with van der Waals surface area (Å²) in [6.07, 6.45) is 0. The number of aryl methyl sites for hydroxylation is 1. The molecule has 0 aliphatic carbocycles. The summed E-state index contributed by atoms with van der Waals surface area (Å²) in [5, 5.41) is 8.04. The maximum atomic E-state index is 6.26. The van der Waals surface area contributed by atoms with Gasteiger partial charge in [-0.3, -0.25) is 4.90 Å². The van der Waals surface area contributed by atoms with Crippen molar-refractivity contribution in [2.75, 3.05) is 37.7 Å². The van der Waals surface area contributed by atoms with Crippen LogP contribution in [0.4, 0.5) is 6.01 Å². The lowest BCUT2D eigenvalue weighted by atomic mass is 9.69. The molecule has 156 valence electrons. The lowest BCUT2D eigenvalue weighted by Crippen LogP contribution is -2.58. The molecule has 2 saturated heterocycles. The van der Waals surface area contributed by atoms with Crippen LogP contribution < -0.4 is 10.4 Å². The molecule has 0 atom stereocenters. The minimum Gasteiger partial charge on any atom is -0.408 e. The Bertz CT molecular complexity index is 829. The zero-order valence-electron chi connectivity index (χ0n) is 18.1. The summed E-state index contributed by atoms with van der Waals surface area (Å²) in [5.41, 5.74) is 2.14. The predicted octanol–water partition coefficient (Wildman–Crippen LogP) is 2.25. The van der Waals surface area contributed by atoms with Crippen LogP contribution in [0, 0.1) is 12.3 Å². The number of hydrogen-bond donors (Lipinski definition) is 0. The smallest absolute Gasteiger partial charge is 0.408 e. The van der Waals surface area contributed by atoms with E-state index < -0.39 is 0 Å². The Balaban J connectivity index is 1.31. The van der Waals surface area contributed by atoms with E-state index in [4.69, 9.17) is 13.7 Å². The molecule has 7 nitrogen and oxygen atoms in total. The van der Waals surface area contributed by atoms with Crippen molar-refractivity contribution in [2.24, 2.45) is 5.41 Å².